The number of ketones is 1. The van der Waals surface area contributed by atoms with Crippen molar-refractivity contribution in [2.45, 2.75) is 57.6 Å². The Morgan fingerprint density at radius 2 is 1.82 bits per heavy atom. The molecule has 0 spiro atoms. The van der Waals surface area contributed by atoms with Gasteiger partial charge in [-0.3, -0.25) is 14.7 Å². The summed E-state index contributed by atoms with van der Waals surface area (Å²) in [6.45, 7) is 11.1. The number of carbonyl (C=O) groups excluding carboxylic acids is 2. The van der Waals surface area contributed by atoms with E-state index in [4.69, 9.17) is 14.6 Å². The largest absolute Gasteiger partial charge is 0.489 e. The summed E-state index contributed by atoms with van der Waals surface area (Å²) in [5.74, 6) is 0.0866. The van der Waals surface area contributed by atoms with Gasteiger partial charge in [0.1, 0.15) is 41.2 Å². The van der Waals surface area contributed by atoms with Crippen LogP contribution in [0.3, 0.4) is 0 Å². The lowest BCUT2D eigenvalue weighted by Crippen LogP contribution is -2.54. The SMILES string of the molecule is CC(=O)C1=NN2c3cc(F)ccc3OC[C@H]2[C@@]1(CCCN1CCN(C(=O)OC(C)(C)C)CC1)c1ccccc1. The first-order valence-electron chi connectivity index (χ1n) is 13.7. The molecule has 3 aliphatic heterocycles. The zero-order valence-electron chi connectivity index (χ0n) is 23.2. The minimum Gasteiger partial charge on any atom is -0.489 e. The van der Waals surface area contributed by atoms with Gasteiger partial charge in [-0.1, -0.05) is 30.3 Å². The van der Waals surface area contributed by atoms with Crippen molar-refractivity contribution in [3.63, 3.8) is 0 Å². The molecule has 8 nitrogen and oxygen atoms in total. The van der Waals surface area contributed by atoms with E-state index < -0.39 is 11.0 Å². The smallest absolute Gasteiger partial charge is 0.410 e. The summed E-state index contributed by atoms with van der Waals surface area (Å²) in [6, 6.07) is 14.1. The quantitative estimate of drug-likeness (QED) is 0.536. The summed E-state index contributed by atoms with van der Waals surface area (Å²) in [5, 5.41) is 6.62. The van der Waals surface area contributed by atoms with Crippen LogP contribution >= 0.6 is 0 Å². The Hall–Kier alpha value is -3.46. The van der Waals surface area contributed by atoms with Crippen LogP contribution in [0.25, 0.3) is 0 Å². The van der Waals surface area contributed by atoms with Gasteiger partial charge in [0.2, 0.25) is 0 Å². The Labute approximate surface area is 229 Å². The lowest BCUT2D eigenvalue weighted by Gasteiger charge is -2.42. The van der Waals surface area contributed by atoms with Crippen LogP contribution < -0.4 is 9.75 Å². The number of amides is 1. The van der Waals surface area contributed by atoms with Crippen LogP contribution in [0.2, 0.25) is 0 Å². The molecule has 0 N–H and O–H groups in total. The predicted octanol–water partition coefficient (Wildman–Crippen LogP) is 4.62. The first-order chi connectivity index (χ1) is 18.6. The van der Waals surface area contributed by atoms with Gasteiger partial charge in [-0.2, -0.15) is 5.10 Å². The number of rotatable bonds is 6. The maximum absolute atomic E-state index is 14.3. The fourth-order valence-corrected chi connectivity index (χ4v) is 5.97. The molecule has 1 amide bonds. The van der Waals surface area contributed by atoms with E-state index in [-0.39, 0.29) is 23.7 Å². The standard InChI is InChI=1S/C30H37FN4O4/c1-21(36)27-30(22-9-6-5-7-10-22,26-20-38-25-12-11-23(31)19-24(25)35(26)32-27)13-8-14-33-15-17-34(18-16-33)28(37)39-29(2,3)4/h5-7,9-12,19,26H,8,13-18,20H2,1-4H3/t26-,30+/m0/s1. The average molecular weight is 537 g/mol. The molecule has 0 saturated carbocycles. The molecule has 0 aromatic heterocycles. The van der Waals surface area contributed by atoms with Crippen LogP contribution in [-0.2, 0) is 14.9 Å². The Morgan fingerprint density at radius 3 is 2.49 bits per heavy atom. The molecule has 0 radical (unpaired) electrons. The van der Waals surface area contributed by atoms with Crippen molar-refractivity contribution >= 4 is 23.3 Å². The number of halogens is 1. The highest BCUT2D eigenvalue weighted by Gasteiger charge is 2.55. The molecule has 1 fully saturated rings. The third-order valence-electron chi connectivity index (χ3n) is 7.75. The number of hydrogen-bond donors (Lipinski definition) is 0. The first-order valence-corrected chi connectivity index (χ1v) is 13.7. The minimum atomic E-state index is -0.699. The molecule has 39 heavy (non-hydrogen) atoms. The normalized spacial score (nSPS) is 23.0. The van der Waals surface area contributed by atoms with Gasteiger partial charge in [0, 0.05) is 39.2 Å². The highest BCUT2D eigenvalue weighted by atomic mass is 19.1. The van der Waals surface area contributed by atoms with E-state index in [0.717, 1.165) is 31.6 Å². The molecule has 3 aliphatic rings. The average Bonchev–Trinajstić information content (AvgIpc) is 3.25. The number of piperazine rings is 1. The maximum Gasteiger partial charge on any atom is 0.410 e. The second-order valence-corrected chi connectivity index (χ2v) is 11.5. The molecule has 2 aromatic carbocycles. The van der Waals surface area contributed by atoms with Gasteiger partial charge < -0.3 is 14.4 Å². The maximum atomic E-state index is 14.3. The van der Waals surface area contributed by atoms with E-state index in [2.05, 4.69) is 4.90 Å². The van der Waals surface area contributed by atoms with E-state index >= 15 is 0 Å². The molecule has 3 heterocycles. The van der Waals surface area contributed by atoms with Crippen LogP contribution in [0.5, 0.6) is 5.75 Å². The lowest BCUT2D eigenvalue weighted by molar-refractivity contribution is -0.111. The molecule has 2 aromatic rings. The monoisotopic (exact) mass is 536 g/mol. The van der Waals surface area contributed by atoms with Crippen molar-refractivity contribution in [2.75, 3.05) is 44.3 Å². The Balaban J connectivity index is 1.35. The van der Waals surface area contributed by atoms with Gasteiger partial charge >= 0.3 is 6.09 Å². The van der Waals surface area contributed by atoms with E-state index in [0.29, 0.717) is 43.3 Å². The van der Waals surface area contributed by atoms with E-state index in [1.54, 1.807) is 22.9 Å². The highest BCUT2D eigenvalue weighted by molar-refractivity contribution is 6.43. The third kappa shape index (κ3) is 5.37. The van der Waals surface area contributed by atoms with Crippen LogP contribution in [0.1, 0.15) is 46.1 Å². The van der Waals surface area contributed by atoms with Crippen LogP contribution in [-0.4, -0.2) is 78.4 Å². The number of Topliss-reactive ketones (excluding diaryl/α,β-unsaturated/α-hetero) is 1. The second kappa shape index (κ2) is 10.6. The van der Waals surface area contributed by atoms with Crippen LogP contribution in [0, 0.1) is 5.82 Å². The Kier molecular flexibility index (Phi) is 7.37. The summed E-state index contributed by atoms with van der Waals surface area (Å²) in [4.78, 5) is 29.6. The van der Waals surface area contributed by atoms with E-state index in [1.165, 1.54) is 12.1 Å². The topological polar surface area (TPSA) is 74.7 Å². The molecule has 0 bridgehead atoms. The number of ether oxygens (including phenoxy) is 2. The van der Waals surface area contributed by atoms with Gasteiger partial charge in [0.25, 0.3) is 0 Å². The fraction of sp³-hybridized carbons (Fsp3) is 0.500. The van der Waals surface area contributed by atoms with Crippen molar-refractivity contribution in [1.82, 2.24) is 9.80 Å². The first kappa shape index (κ1) is 27.1. The minimum absolute atomic E-state index is 0.0998. The molecule has 5 rings (SSSR count). The molecule has 1 saturated heterocycles. The predicted molar refractivity (Wildman–Crippen MR) is 148 cm³/mol. The molecule has 2 atom stereocenters. The number of hydrazone groups is 1. The zero-order valence-corrected chi connectivity index (χ0v) is 23.2. The molecule has 0 unspecified atom stereocenters. The summed E-state index contributed by atoms with van der Waals surface area (Å²) in [5.41, 5.74) is 0.815. The molecular formula is C30H37FN4O4. The summed E-state index contributed by atoms with van der Waals surface area (Å²) < 4.78 is 25.9. The van der Waals surface area contributed by atoms with Gasteiger partial charge in [0.05, 0.1) is 5.41 Å². The van der Waals surface area contributed by atoms with E-state index in [9.17, 15) is 14.0 Å². The van der Waals surface area contributed by atoms with Gasteiger partial charge in [-0.15, -0.1) is 0 Å². The summed E-state index contributed by atoms with van der Waals surface area (Å²) in [7, 11) is 0. The van der Waals surface area contributed by atoms with Gasteiger partial charge in [-0.25, -0.2) is 9.18 Å². The lowest BCUT2D eigenvalue weighted by atomic mass is 9.67. The zero-order chi connectivity index (χ0) is 27.8. The van der Waals surface area contributed by atoms with Crippen molar-refractivity contribution in [2.24, 2.45) is 5.10 Å². The van der Waals surface area contributed by atoms with Crippen LogP contribution in [0.15, 0.2) is 53.6 Å². The van der Waals surface area contributed by atoms with Crippen molar-refractivity contribution < 1.29 is 23.5 Å². The summed E-state index contributed by atoms with van der Waals surface area (Å²) in [6.07, 6.45) is 1.22. The molecule has 9 heteroatoms. The Bertz CT molecular complexity index is 1250. The van der Waals surface area contributed by atoms with Crippen molar-refractivity contribution in [1.29, 1.82) is 0 Å². The van der Waals surface area contributed by atoms with Crippen molar-refractivity contribution in [3.8, 4) is 5.75 Å². The third-order valence-corrected chi connectivity index (χ3v) is 7.75. The molecule has 0 aliphatic carbocycles. The second-order valence-electron chi connectivity index (χ2n) is 11.5. The molecule has 208 valence electrons. The number of anilines is 1. The molecular weight excluding hydrogens is 499 g/mol. The van der Waals surface area contributed by atoms with E-state index in [1.807, 2.05) is 51.1 Å². The number of nitrogens with zero attached hydrogens (tertiary/aromatic N) is 4. The van der Waals surface area contributed by atoms with Gasteiger partial charge in [0.15, 0.2) is 5.78 Å². The van der Waals surface area contributed by atoms with Crippen LogP contribution in [0.4, 0.5) is 14.9 Å². The highest BCUT2D eigenvalue weighted by Crippen LogP contribution is 2.48. The van der Waals surface area contributed by atoms with Gasteiger partial charge in [-0.05, 0) is 57.9 Å². The number of carbonyl (C=O) groups is 2. The number of fused-ring (bicyclic) bond motifs is 3. The fourth-order valence-electron chi connectivity index (χ4n) is 5.97. The van der Waals surface area contributed by atoms with Crippen molar-refractivity contribution in [3.05, 3.63) is 59.9 Å². The summed E-state index contributed by atoms with van der Waals surface area (Å²) >= 11 is 0. The number of benzene rings is 2. The Morgan fingerprint density at radius 1 is 1.10 bits per heavy atom. The number of hydrogen-bond acceptors (Lipinski definition) is 7.